The van der Waals surface area contributed by atoms with Gasteiger partial charge in [-0.3, -0.25) is 0 Å². The average Bonchev–Trinajstić information content (AvgIpc) is 2.56. The van der Waals surface area contributed by atoms with Crippen molar-refractivity contribution >= 4 is 6.09 Å². The normalized spacial score (nSPS) is 21.5. The summed E-state index contributed by atoms with van der Waals surface area (Å²) in [5, 5.41) is 2.80. The zero-order valence-electron chi connectivity index (χ0n) is 11.6. The van der Waals surface area contributed by atoms with E-state index < -0.39 is 5.60 Å². The Hall–Kier alpha value is -0.770. The van der Waals surface area contributed by atoms with Crippen LogP contribution in [0.25, 0.3) is 0 Å². The minimum atomic E-state index is -0.405. The topological polar surface area (TPSA) is 41.6 Å². The van der Waals surface area contributed by atoms with Crippen molar-refractivity contribution in [1.82, 2.24) is 10.2 Å². The molecule has 4 nitrogen and oxygen atoms in total. The van der Waals surface area contributed by atoms with Gasteiger partial charge in [0.15, 0.2) is 0 Å². The second-order valence-electron chi connectivity index (χ2n) is 5.99. The highest BCUT2D eigenvalue weighted by atomic mass is 16.6. The van der Waals surface area contributed by atoms with Crippen LogP contribution in [-0.2, 0) is 4.74 Å². The Labute approximate surface area is 105 Å². The third-order valence-electron chi connectivity index (χ3n) is 2.95. The number of carbonyl (C=O) groups is 1. The van der Waals surface area contributed by atoms with E-state index in [1.807, 2.05) is 20.8 Å². The van der Waals surface area contributed by atoms with Crippen LogP contribution in [0.5, 0.6) is 0 Å². The highest BCUT2D eigenvalue weighted by Crippen LogP contribution is 2.18. The fourth-order valence-corrected chi connectivity index (χ4v) is 2.16. The molecule has 0 spiro atoms. The number of likely N-dealkylation sites (tertiary alicyclic amines) is 1. The van der Waals surface area contributed by atoms with E-state index in [0.29, 0.717) is 0 Å². The van der Waals surface area contributed by atoms with E-state index in [1.165, 1.54) is 25.9 Å². The predicted molar refractivity (Wildman–Crippen MR) is 69.1 cm³/mol. The lowest BCUT2D eigenvalue weighted by Gasteiger charge is -2.19. The predicted octanol–water partition coefficient (Wildman–Crippen LogP) is 2.24. The molecular formula is C13H26N2O2. The fraction of sp³-hybridized carbons (Fsp3) is 0.923. The molecule has 4 heteroatoms. The number of carbonyl (C=O) groups excluding carboxylic acids is 1. The Bertz CT molecular complexity index is 248. The Morgan fingerprint density at radius 1 is 1.47 bits per heavy atom. The summed E-state index contributed by atoms with van der Waals surface area (Å²) in [5.41, 5.74) is -0.405. The van der Waals surface area contributed by atoms with E-state index in [1.54, 1.807) is 0 Å². The molecule has 0 aromatic carbocycles. The number of hydrogen-bond donors (Lipinski definition) is 1. The highest BCUT2D eigenvalue weighted by molar-refractivity contribution is 5.67. The number of nitrogens with zero attached hydrogens (tertiary/aromatic N) is 1. The first-order valence-electron chi connectivity index (χ1n) is 6.52. The zero-order chi connectivity index (χ0) is 12.9. The van der Waals surface area contributed by atoms with Gasteiger partial charge in [0.1, 0.15) is 5.60 Å². The maximum atomic E-state index is 11.4. The van der Waals surface area contributed by atoms with Crippen LogP contribution in [0.2, 0.25) is 0 Å². The molecule has 1 N–H and O–H groups in total. The number of nitrogens with one attached hydrogen (secondary N) is 1. The highest BCUT2D eigenvalue weighted by Gasteiger charge is 2.19. The van der Waals surface area contributed by atoms with E-state index in [4.69, 9.17) is 4.74 Å². The Morgan fingerprint density at radius 2 is 2.18 bits per heavy atom. The fourth-order valence-electron chi connectivity index (χ4n) is 2.16. The number of amides is 1. The third kappa shape index (κ3) is 6.51. The van der Waals surface area contributed by atoms with Crippen LogP contribution in [0.3, 0.4) is 0 Å². The molecule has 1 heterocycles. The lowest BCUT2D eigenvalue weighted by atomic mass is 10.0. The van der Waals surface area contributed by atoms with Crippen molar-refractivity contribution in [2.45, 2.75) is 45.6 Å². The van der Waals surface area contributed by atoms with E-state index in [9.17, 15) is 4.79 Å². The van der Waals surface area contributed by atoms with Gasteiger partial charge in [-0.2, -0.15) is 0 Å². The molecule has 0 radical (unpaired) electrons. The Morgan fingerprint density at radius 3 is 2.71 bits per heavy atom. The van der Waals surface area contributed by atoms with E-state index in [-0.39, 0.29) is 6.09 Å². The van der Waals surface area contributed by atoms with E-state index >= 15 is 0 Å². The van der Waals surface area contributed by atoms with Crippen LogP contribution in [0, 0.1) is 5.92 Å². The van der Waals surface area contributed by atoms with Crippen LogP contribution >= 0.6 is 0 Å². The summed E-state index contributed by atoms with van der Waals surface area (Å²) in [5.74, 6) is 0.806. The molecule has 0 aromatic rings. The standard InChI is InChI=1S/C13H26N2O2/c1-13(2,3)17-12(16)14-8-5-6-11-7-9-15(4)10-11/h11H,5-10H2,1-4H3,(H,14,16). The van der Waals surface area contributed by atoms with Gasteiger partial charge in [-0.15, -0.1) is 0 Å². The van der Waals surface area contributed by atoms with Gasteiger partial charge in [-0.1, -0.05) is 0 Å². The molecule has 1 atom stereocenters. The molecule has 0 aromatic heterocycles. The Balaban J connectivity index is 2.02. The van der Waals surface area contributed by atoms with Crippen LogP contribution < -0.4 is 5.32 Å². The molecule has 1 fully saturated rings. The second-order valence-corrected chi connectivity index (χ2v) is 5.99. The third-order valence-corrected chi connectivity index (χ3v) is 2.95. The Kier molecular flexibility index (Phi) is 5.25. The van der Waals surface area contributed by atoms with Gasteiger partial charge >= 0.3 is 6.09 Å². The summed E-state index contributed by atoms with van der Waals surface area (Å²) in [4.78, 5) is 13.7. The molecule has 1 rings (SSSR count). The van der Waals surface area contributed by atoms with Crippen LogP contribution in [0.15, 0.2) is 0 Å². The summed E-state index contributed by atoms with van der Waals surface area (Å²) >= 11 is 0. The average molecular weight is 242 g/mol. The maximum Gasteiger partial charge on any atom is 0.407 e. The van der Waals surface area contributed by atoms with Crippen molar-refractivity contribution in [2.75, 3.05) is 26.7 Å². The summed E-state index contributed by atoms with van der Waals surface area (Å²) in [6, 6.07) is 0. The van der Waals surface area contributed by atoms with Crippen molar-refractivity contribution in [3.63, 3.8) is 0 Å². The molecule has 1 unspecified atom stereocenters. The molecule has 1 saturated heterocycles. The van der Waals surface area contributed by atoms with Gasteiger partial charge in [-0.05, 0) is 59.5 Å². The molecule has 100 valence electrons. The molecule has 1 aliphatic heterocycles. The zero-order valence-corrected chi connectivity index (χ0v) is 11.6. The van der Waals surface area contributed by atoms with Crippen molar-refractivity contribution in [3.05, 3.63) is 0 Å². The van der Waals surface area contributed by atoms with Gasteiger partial charge in [0.2, 0.25) is 0 Å². The van der Waals surface area contributed by atoms with Crippen LogP contribution in [-0.4, -0.2) is 43.3 Å². The largest absolute Gasteiger partial charge is 0.444 e. The molecule has 1 aliphatic rings. The first kappa shape index (κ1) is 14.3. The summed E-state index contributed by atoms with van der Waals surface area (Å²) in [7, 11) is 2.17. The SMILES string of the molecule is CN1CCC(CCCNC(=O)OC(C)(C)C)C1. The number of rotatable bonds is 4. The van der Waals surface area contributed by atoms with Crippen LogP contribution in [0.4, 0.5) is 4.79 Å². The summed E-state index contributed by atoms with van der Waals surface area (Å²) in [6.45, 7) is 8.76. The molecule has 0 aliphatic carbocycles. The van der Waals surface area contributed by atoms with Gasteiger partial charge in [-0.25, -0.2) is 4.79 Å². The second kappa shape index (κ2) is 6.24. The van der Waals surface area contributed by atoms with E-state index in [0.717, 1.165) is 18.9 Å². The van der Waals surface area contributed by atoms with Gasteiger partial charge < -0.3 is 15.0 Å². The molecule has 1 amide bonds. The van der Waals surface area contributed by atoms with Gasteiger partial charge in [0.05, 0.1) is 0 Å². The smallest absolute Gasteiger partial charge is 0.407 e. The van der Waals surface area contributed by atoms with Crippen molar-refractivity contribution < 1.29 is 9.53 Å². The quantitative estimate of drug-likeness (QED) is 0.769. The van der Waals surface area contributed by atoms with Gasteiger partial charge in [0, 0.05) is 13.1 Å². The minimum absolute atomic E-state index is 0.305. The van der Waals surface area contributed by atoms with Gasteiger partial charge in [0.25, 0.3) is 0 Å². The monoisotopic (exact) mass is 242 g/mol. The molecule has 0 bridgehead atoms. The molecular weight excluding hydrogens is 216 g/mol. The number of alkyl carbamates (subject to hydrolysis) is 1. The van der Waals surface area contributed by atoms with Crippen LogP contribution in [0.1, 0.15) is 40.0 Å². The number of ether oxygens (including phenoxy) is 1. The van der Waals surface area contributed by atoms with E-state index in [2.05, 4.69) is 17.3 Å². The minimum Gasteiger partial charge on any atom is -0.444 e. The summed E-state index contributed by atoms with van der Waals surface area (Å²) < 4.78 is 5.17. The lowest BCUT2D eigenvalue weighted by molar-refractivity contribution is 0.0526. The summed E-state index contributed by atoms with van der Waals surface area (Å²) in [6.07, 6.45) is 3.22. The molecule has 0 saturated carbocycles. The lowest BCUT2D eigenvalue weighted by Crippen LogP contribution is -2.33. The number of hydrogen-bond acceptors (Lipinski definition) is 3. The molecule has 17 heavy (non-hydrogen) atoms. The first-order chi connectivity index (χ1) is 7.87. The maximum absolute atomic E-state index is 11.4. The van der Waals surface area contributed by atoms with Crippen molar-refractivity contribution in [2.24, 2.45) is 5.92 Å². The first-order valence-corrected chi connectivity index (χ1v) is 6.52. The van der Waals surface area contributed by atoms with Crippen molar-refractivity contribution in [1.29, 1.82) is 0 Å². The van der Waals surface area contributed by atoms with Crippen molar-refractivity contribution in [3.8, 4) is 0 Å².